The Hall–Kier alpha value is -3.10. The van der Waals surface area contributed by atoms with Crippen LogP contribution in [0.2, 0.25) is 0 Å². The lowest BCUT2D eigenvalue weighted by atomic mass is 9.83. The molecule has 0 amide bonds. The molecule has 42 heavy (non-hydrogen) atoms. The number of rotatable bonds is 9. The molecule has 0 saturated carbocycles. The molecule has 234 valence electrons. The van der Waals surface area contributed by atoms with Gasteiger partial charge in [-0.1, -0.05) is 36.4 Å². The van der Waals surface area contributed by atoms with Crippen LogP contribution in [0.4, 0.5) is 64.1 Å². The summed E-state index contributed by atoms with van der Waals surface area (Å²) < 4.78 is 158. The molecule has 0 radical (unpaired) electrons. The first-order valence-corrected chi connectivity index (χ1v) is 12.2. The van der Waals surface area contributed by atoms with Crippen LogP contribution in [0, 0.1) is 5.41 Å². The molecule has 0 heterocycles. The van der Waals surface area contributed by atoms with Crippen LogP contribution in [0.15, 0.2) is 58.5 Å². The smallest absolute Gasteiger partial charge is 0.373 e. The molecule has 0 aliphatic rings. The maximum atomic E-state index is 13.3. The Bertz CT molecular complexity index is 1160. The van der Waals surface area contributed by atoms with Crippen LogP contribution in [0.5, 0.6) is 0 Å². The number of aliphatic imine (C=N–C) groups is 2. The largest absolute Gasteiger partial charge is 0.426 e. The van der Waals surface area contributed by atoms with Crippen LogP contribution >= 0.6 is 0 Å². The van der Waals surface area contributed by atoms with Gasteiger partial charge < -0.3 is 5.11 Å². The average Bonchev–Trinajstić information content (AvgIpc) is 2.81. The average molecular weight is 622 g/mol. The van der Waals surface area contributed by atoms with Crippen molar-refractivity contribution in [3.05, 3.63) is 59.7 Å². The lowest BCUT2D eigenvalue weighted by Gasteiger charge is -2.33. The highest BCUT2D eigenvalue weighted by Gasteiger charge is 2.70. The molecule has 2 aromatic rings. The number of alkyl halides is 12. The molecule has 0 bridgehead atoms. The van der Waals surface area contributed by atoms with Crippen LogP contribution in [0.3, 0.4) is 0 Å². The highest BCUT2D eigenvalue weighted by atomic mass is 19.4. The second-order valence-electron chi connectivity index (χ2n) is 9.99. The number of benzene rings is 2. The summed E-state index contributed by atoms with van der Waals surface area (Å²) in [5.74, 6) is 0. The summed E-state index contributed by atoms with van der Waals surface area (Å²) >= 11 is 0. The Labute approximate surface area is 233 Å². The second-order valence-corrected chi connectivity index (χ2v) is 9.99. The Morgan fingerprint density at radius 2 is 0.905 bits per heavy atom. The van der Waals surface area contributed by atoms with Gasteiger partial charge in [0.25, 0.3) is 5.60 Å². The van der Waals surface area contributed by atoms with Gasteiger partial charge in [-0.2, -0.15) is 52.7 Å². The first-order valence-electron chi connectivity index (χ1n) is 12.2. The third-order valence-corrected chi connectivity index (χ3v) is 6.58. The van der Waals surface area contributed by atoms with E-state index in [9.17, 15) is 57.8 Å². The van der Waals surface area contributed by atoms with Crippen LogP contribution < -0.4 is 0 Å². The molecule has 2 aromatic carbocycles. The van der Waals surface area contributed by atoms with Gasteiger partial charge in [0.1, 0.15) is 0 Å². The number of hydrogen-bond donors (Lipinski definition) is 1. The summed E-state index contributed by atoms with van der Waals surface area (Å²) in [5.41, 5.74) is -9.33. The summed E-state index contributed by atoms with van der Waals surface area (Å²) in [6.07, 6.45) is -26.4. The monoisotopic (exact) mass is 622 g/mol. The molecule has 0 spiro atoms. The minimum absolute atomic E-state index is 0.00461. The maximum absolute atomic E-state index is 13.3. The molecule has 1 N–H and O–H groups in total. The lowest BCUT2D eigenvalue weighted by Crippen LogP contribution is -2.57. The summed E-state index contributed by atoms with van der Waals surface area (Å²) in [4.78, 5) is 7.85. The van der Waals surface area contributed by atoms with Crippen molar-refractivity contribution in [1.29, 1.82) is 0 Å². The van der Waals surface area contributed by atoms with Crippen molar-refractivity contribution in [2.45, 2.75) is 76.8 Å². The fraction of sp³-hybridized carbons (Fsp3) is 0.481. The molecule has 0 atom stereocenters. The van der Waals surface area contributed by atoms with Crippen molar-refractivity contribution >= 4 is 22.8 Å². The summed E-state index contributed by atoms with van der Waals surface area (Å²) in [7, 11) is 0. The van der Waals surface area contributed by atoms with Gasteiger partial charge >= 0.3 is 24.7 Å². The molecular formula is C27H26F12N2O. The zero-order chi connectivity index (χ0) is 32.4. The van der Waals surface area contributed by atoms with E-state index in [1.165, 1.54) is 42.5 Å². The maximum Gasteiger partial charge on any atom is 0.426 e. The minimum atomic E-state index is -6.03. The number of aryl methyl sites for hydroxylation is 2. The Morgan fingerprint density at radius 3 is 1.24 bits per heavy atom. The molecule has 0 aromatic heterocycles. The van der Waals surface area contributed by atoms with Crippen LogP contribution in [-0.2, 0) is 12.8 Å². The molecule has 0 fully saturated rings. The van der Waals surface area contributed by atoms with E-state index in [0.29, 0.717) is 11.1 Å². The molecule has 0 saturated heterocycles. The number of hydrogen-bond acceptors (Lipinski definition) is 3. The molecule has 0 aliphatic heterocycles. The van der Waals surface area contributed by atoms with Crippen molar-refractivity contribution in [3.63, 3.8) is 0 Å². The fourth-order valence-corrected chi connectivity index (χ4v) is 4.03. The van der Waals surface area contributed by atoms with E-state index >= 15 is 0 Å². The van der Waals surface area contributed by atoms with Crippen LogP contribution in [0.1, 0.15) is 44.7 Å². The summed E-state index contributed by atoms with van der Waals surface area (Å²) in [5, 5.41) is 9.45. The predicted octanol–water partition coefficient (Wildman–Crippen LogP) is 9.42. The van der Waals surface area contributed by atoms with Gasteiger partial charge in [0, 0.05) is 24.3 Å². The van der Waals surface area contributed by atoms with E-state index in [1.807, 2.05) is 0 Å². The highest BCUT2D eigenvalue weighted by Crippen LogP contribution is 2.52. The third-order valence-electron chi connectivity index (χ3n) is 6.58. The topological polar surface area (TPSA) is 45.0 Å². The Kier molecular flexibility index (Phi) is 10.2. The van der Waals surface area contributed by atoms with Crippen molar-refractivity contribution in [3.8, 4) is 0 Å². The van der Waals surface area contributed by atoms with Gasteiger partial charge in [-0.3, -0.25) is 9.98 Å². The van der Waals surface area contributed by atoms with Crippen LogP contribution in [0.25, 0.3) is 0 Å². The lowest BCUT2D eigenvalue weighted by molar-refractivity contribution is -0.365. The summed E-state index contributed by atoms with van der Waals surface area (Å²) in [6.45, 7) is 1.96. The van der Waals surface area contributed by atoms with Gasteiger partial charge in [0.2, 0.25) is 0 Å². The van der Waals surface area contributed by atoms with E-state index < -0.39 is 60.0 Å². The van der Waals surface area contributed by atoms with Gasteiger partial charge in [0.15, 0.2) is 5.41 Å². The fourth-order valence-electron chi connectivity index (χ4n) is 4.03. The van der Waals surface area contributed by atoms with Crippen molar-refractivity contribution in [2.75, 3.05) is 0 Å². The van der Waals surface area contributed by atoms with Crippen molar-refractivity contribution in [2.24, 2.45) is 15.4 Å². The quantitative estimate of drug-likeness (QED) is 0.220. The minimum Gasteiger partial charge on any atom is -0.373 e. The van der Waals surface area contributed by atoms with Gasteiger partial charge in [0.05, 0.1) is 11.4 Å². The molecular weight excluding hydrogens is 596 g/mol. The van der Waals surface area contributed by atoms with Gasteiger partial charge in [-0.05, 0) is 56.9 Å². The molecule has 3 nitrogen and oxygen atoms in total. The van der Waals surface area contributed by atoms with E-state index in [0.717, 1.165) is 13.8 Å². The first kappa shape index (κ1) is 35.1. The molecule has 15 heteroatoms. The zero-order valence-corrected chi connectivity index (χ0v) is 22.3. The van der Waals surface area contributed by atoms with E-state index in [4.69, 9.17) is 0 Å². The molecule has 2 rings (SSSR count). The van der Waals surface area contributed by atoms with E-state index in [-0.39, 0.29) is 31.1 Å². The second kappa shape index (κ2) is 12.3. The predicted molar refractivity (Wildman–Crippen MR) is 132 cm³/mol. The van der Waals surface area contributed by atoms with E-state index in [2.05, 4.69) is 9.98 Å². The number of aliphatic hydroxyl groups is 1. The zero-order valence-electron chi connectivity index (χ0n) is 22.3. The van der Waals surface area contributed by atoms with E-state index in [1.54, 1.807) is 6.07 Å². The first-order chi connectivity index (χ1) is 18.9. The van der Waals surface area contributed by atoms with Crippen molar-refractivity contribution < 1.29 is 57.8 Å². The SMILES string of the molecule is CC(CC(C)(C(F)(F)F)C(F)(F)F)=Nc1ccccc1CCc1ccccc1N=C(C)CC(O)(C(F)(F)F)C(F)(F)F. The number of nitrogens with zero attached hydrogens (tertiary/aromatic N) is 2. The Morgan fingerprint density at radius 1 is 0.571 bits per heavy atom. The van der Waals surface area contributed by atoms with Crippen molar-refractivity contribution in [1.82, 2.24) is 0 Å². The highest BCUT2D eigenvalue weighted by molar-refractivity contribution is 5.86. The number of para-hydroxylation sites is 2. The Balaban J connectivity index is 2.34. The van der Waals surface area contributed by atoms with Gasteiger partial charge in [-0.25, -0.2) is 0 Å². The normalized spacial score (nSPS) is 14.9. The summed E-state index contributed by atoms with van der Waals surface area (Å²) in [6, 6.07) is 11.7. The third kappa shape index (κ3) is 7.84. The molecule has 0 aliphatic carbocycles. The molecule has 0 unspecified atom stereocenters. The number of halogens is 12. The standard InChI is InChI=1S/C27H26F12N2O/c1-16(14-22(3,24(28,29)30)25(31,32)33)40-20-10-6-4-8-18(20)12-13-19-9-5-7-11-21(19)41-17(2)15-23(42,26(34,35)36)27(37,38)39/h4-11,42H,12-15H2,1-3H3. The van der Waals surface area contributed by atoms with Crippen LogP contribution in [-0.4, -0.2) is 46.8 Å². The van der Waals surface area contributed by atoms with Gasteiger partial charge in [-0.15, -0.1) is 0 Å².